The van der Waals surface area contributed by atoms with Crippen LogP contribution in [0.25, 0.3) is 55.4 Å². The number of aromatic nitrogens is 2. The van der Waals surface area contributed by atoms with Crippen molar-refractivity contribution in [3.8, 4) is 51.5 Å². The summed E-state index contributed by atoms with van der Waals surface area (Å²) in [6.45, 7) is 0. The van der Waals surface area contributed by atoms with Gasteiger partial charge in [-0.15, -0.1) is 0 Å². The van der Waals surface area contributed by atoms with Gasteiger partial charge >= 0.3 is 0 Å². The Kier molecular flexibility index (Phi) is 6.01. The monoisotopic (exact) mass is 591 g/mol. The summed E-state index contributed by atoms with van der Waals surface area (Å²) in [4.78, 5) is 10.3. The van der Waals surface area contributed by atoms with Gasteiger partial charge in [-0.25, -0.2) is 9.97 Å². The lowest BCUT2D eigenvalue weighted by molar-refractivity contribution is 0.393. The molecule has 2 heterocycles. The Morgan fingerprint density at radius 1 is 0.587 bits per heavy atom. The average molecular weight is 592 g/mol. The fourth-order valence-electron chi connectivity index (χ4n) is 7.67. The predicted octanol–water partition coefficient (Wildman–Crippen LogP) is 10.6. The van der Waals surface area contributed by atoms with E-state index in [2.05, 4.69) is 103 Å². The molecule has 1 fully saturated rings. The summed E-state index contributed by atoms with van der Waals surface area (Å²) < 4.78 is 6.48. The van der Waals surface area contributed by atoms with Crippen LogP contribution in [0, 0.1) is 11.3 Å². The highest BCUT2D eigenvalue weighted by molar-refractivity contribution is 6.08. The highest BCUT2D eigenvalue weighted by Crippen LogP contribution is 2.57. The molecule has 2 aliphatic rings. The van der Waals surface area contributed by atoms with Gasteiger partial charge in [0.15, 0.2) is 5.82 Å². The summed E-state index contributed by atoms with van der Waals surface area (Å²) in [7, 11) is 0. The molecule has 0 radical (unpaired) electrons. The van der Waals surface area contributed by atoms with Crippen LogP contribution in [-0.4, -0.2) is 9.97 Å². The van der Waals surface area contributed by atoms with E-state index in [0.717, 1.165) is 65.1 Å². The number of para-hydroxylation sites is 1. The molecule has 0 saturated heterocycles. The molecule has 0 amide bonds. The van der Waals surface area contributed by atoms with Gasteiger partial charge in [0.05, 0.1) is 17.0 Å². The summed E-state index contributed by atoms with van der Waals surface area (Å²) in [5.41, 5.74) is 7.54. The summed E-state index contributed by atoms with van der Waals surface area (Å²) in [5.74, 6) is 2.24. The van der Waals surface area contributed by atoms with E-state index >= 15 is 0 Å². The van der Waals surface area contributed by atoms with Crippen molar-refractivity contribution in [3.63, 3.8) is 0 Å². The summed E-state index contributed by atoms with van der Waals surface area (Å²) in [5, 5.41) is 14.8. The van der Waals surface area contributed by atoms with Crippen molar-refractivity contribution in [2.75, 3.05) is 0 Å². The van der Waals surface area contributed by atoms with Gasteiger partial charge in [-0.2, -0.15) is 5.26 Å². The van der Waals surface area contributed by atoms with E-state index in [0.29, 0.717) is 17.1 Å². The zero-order chi connectivity index (χ0) is 30.7. The molecule has 1 aliphatic heterocycles. The van der Waals surface area contributed by atoms with Crippen molar-refractivity contribution in [2.24, 2.45) is 0 Å². The Morgan fingerprint density at radius 2 is 1.30 bits per heavy atom. The lowest BCUT2D eigenvalue weighted by atomic mass is 9.70. The molecular weight excluding hydrogens is 562 g/mol. The maximum absolute atomic E-state index is 9.87. The van der Waals surface area contributed by atoms with E-state index in [4.69, 9.17) is 14.7 Å². The minimum absolute atomic E-state index is 0.176. The van der Waals surface area contributed by atoms with Gasteiger partial charge in [0.1, 0.15) is 17.6 Å². The molecule has 1 saturated carbocycles. The van der Waals surface area contributed by atoms with Gasteiger partial charge in [0.2, 0.25) is 0 Å². The third kappa shape index (κ3) is 4.13. The fraction of sp³-hybridized carbons (Fsp3) is 0.119. The molecule has 4 heteroatoms. The number of nitriles is 1. The second-order valence-electron chi connectivity index (χ2n) is 12.4. The van der Waals surface area contributed by atoms with Crippen LogP contribution in [-0.2, 0) is 5.41 Å². The third-order valence-corrected chi connectivity index (χ3v) is 9.91. The van der Waals surface area contributed by atoms with Crippen molar-refractivity contribution in [1.82, 2.24) is 9.97 Å². The molecule has 218 valence electrons. The molecule has 46 heavy (non-hydrogen) atoms. The Balaban J connectivity index is 1.22. The van der Waals surface area contributed by atoms with Crippen LogP contribution in [0.2, 0.25) is 0 Å². The molecule has 0 bridgehead atoms. The number of fused-ring (bicyclic) bond motifs is 7. The average Bonchev–Trinajstić information content (AvgIpc) is 3.62. The predicted molar refractivity (Wildman–Crippen MR) is 184 cm³/mol. The first-order chi connectivity index (χ1) is 22.7. The molecule has 0 atom stereocenters. The first-order valence-corrected chi connectivity index (χ1v) is 15.9. The molecule has 9 rings (SSSR count). The van der Waals surface area contributed by atoms with Gasteiger partial charge in [0, 0.05) is 33.2 Å². The second kappa shape index (κ2) is 10.4. The van der Waals surface area contributed by atoms with Gasteiger partial charge in [-0.3, -0.25) is 0 Å². The summed E-state index contributed by atoms with van der Waals surface area (Å²) >= 11 is 0. The minimum Gasteiger partial charge on any atom is -0.455 e. The number of rotatable bonds is 3. The minimum atomic E-state index is -0.176. The van der Waals surface area contributed by atoms with Crippen molar-refractivity contribution in [2.45, 2.75) is 31.1 Å². The van der Waals surface area contributed by atoms with Crippen LogP contribution in [0.5, 0.6) is 11.5 Å². The first kappa shape index (κ1) is 26.6. The normalized spacial score (nSPS) is 14.5. The number of benzene rings is 6. The number of nitrogens with zero attached hydrogens (tertiary/aromatic N) is 3. The Bertz CT molecular complexity index is 2360. The number of hydrogen-bond acceptors (Lipinski definition) is 4. The summed E-state index contributed by atoms with van der Waals surface area (Å²) in [6.07, 6.45) is 4.36. The smallest absolute Gasteiger partial charge is 0.160 e. The highest BCUT2D eigenvalue weighted by atomic mass is 16.5. The molecule has 1 spiro atoms. The molecule has 1 aliphatic carbocycles. The van der Waals surface area contributed by atoms with E-state index in [9.17, 15) is 5.26 Å². The van der Waals surface area contributed by atoms with Gasteiger partial charge in [-0.1, -0.05) is 104 Å². The van der Waals surface area contributed by atoms with Gasteiger partial charge in [0.25, 0.3) is 0 Å². The SMILES string of the molecule is N#Cc1cccc2c1Oc1ccc(-c3cc(-c4ccc5c(ccc6ccccc65)c4)nc(-c4ccccc4)n3)cc1C21CCCC1. The van der Waals surface area contributed by atoms with Crippen LogP contribution in [0.4, 0.5) is 0 Å². The van der Waals surface area contributed by atoms with Crippen molar-refractivity contribution < 1.29 is 4.74 Å². The third-order valence-electron chi connectivity index (χ3n) is 9.91. The van der Waals surface area contributed by atoms with Crippen molar-refractivity contribution >= 4 is 21.5 Å². The molecule has 0 unspecified atom stereocenters. The standard InChI is InChI=1S/C42H29N3O/c43-26-32-12-8-14-35-40(32)46-39-20-18-31(24-36(39)42(35)21-6-7-22-42)38-25-37(44-41(45-38)28-10-2-1-3-11-28)30-17-19-34-29(23-30)16-15-27-9-4-5-13-33(27)34/h1-5,8-20,23-25H,6-7,21-22H2. The Morgan fingerprint density at radius 3 is 2.13 bits per heavy atom. The van der Waals surface area contributed by atoms with Crippen molar-refractivity contribution in [1.29, 1.82) is 5.26 Å². The largest absolute Gasteiger partial charge is 0.455 e. The molecule has 7 aromatic rings. The van der Waals surface area contributed by atoms with Crippen LogP contribution in [0.3, 0.4) is 0 Å². The lowest BCUT2D eigenvalue weighted by Gasteiger charge is -2.38. The van der Waals surface area contributed by atoms with Crippen molar-refractivity contribution in [3.05, 3.63) is 144 Å². The maximum atomic E-state index is 9.87. The van der Waals surface area contributed by atoms with Crippen LogP contribution < -0.4 is 4.74 Å². The number of ether oxygens (including phenoxy) is 1. The highest BCUT2D eigenvalue weighted by Gasteiger charge is 2.45. The maximum Gasteiger partial charge on any atom is 0.160 e. The molecule has 0 N–H and O–H groups in total. The van der Waals surface area contributed by atoms with E-state index in [-0.39, 0.29) is 5.41 Å². The zero-order valence-corrected chi connectivity index (χ0v) is 25.2. The van der Waals surface area contributed by atoms with E-state index < -0.39 is 0 Å². The van der Waals surface area contributed by atoms with Gasteiger partial charge in [-0.05, 0) is 70.8 Å². The van der Waals surface area contributed by atoms with Gasteiger partial charge < -0.3 is 4.74 Å². The van der Waals surface area contributed by atoms with E-state index in [1.165, 1.54) is 27.1 Å². The fourth-order valence-corrected chi connectivity index (χ4v) is 7.67. The van der Waals surface area contributed by atoms with Crippen LogP contribution in [0.15, 0.2) is 127 Å². The Labute approximate surface area is 267 Å². The Hall–Kier alpha value is -5.79. The molecule has 1 aromatic heterocycles. The first-order valence-electron chi connectivity index (χ1n) is 15.9. The molecule has 6 aromatic carbocycles. The quantitative estimate of drug-likeness (QED) is 0.192. The zero-order valence-electron chi connectivity index (χ0n) is 25.2. The topological polar surface area (TPSA) is 58.8 Å². The second-order valence-corrected chi connectivity index (χ2v) is 12.4. The lowest BCUT2D eigenvalue weighted by Crippen LogP contribution is -2.28. The molecule has 4 nitrogen and oxygen atoms in total. The van der Waals surface area contributed by atoms with E-state index in [1.807, 2.05) is 30.3 Å². The van der Waals surface area contributed by atoms with E-state index in [1.54, 1.807) is 0 Å². The van der Waals surface area contributed by atoms with Crippen LogP contribution in [0.1, 0.15) is 42.4 Å². The summed E-state index contributed by atoms with van der Waals surface area (Å²) in [6, 6.07) is 46.6. The number of hydrogen-bond donors (Lipinski definition) is 0. The molecular formula is C42H29N3O. The van der Waals surface area contributed by atoms with Crippen LogP contribution >= 0.6 is 0 Å².